The summed E-state index contributed by atoms with van der Waals surface area (Å²) >= 11 is 1.33. The molecule has 0 fully saturated rings. The van der Waals surface area contributed by atoms with Crippen LogP contribution in [0.2, 0.25) is 0 Å². The molecule has 1 amide bonds. The minimum absolute atomic E-state index is 0.0565. The van der Waals surface area contributed by atoms with Crippen molar-refractivity contribution in [1.82, 2.24) is 14.9 Å². The van der Waals surface area contributed by atoms with Crippen LogP contribution in [0.1, 0.15) is 23.9 Å². The number of carbonyl (C=O) groups is 1. The van der Waals surface area contributed by atoms with Gasteiger partial charge in [0, 0.05) is 18.2 Å². The number of amides is 1. The van der Waals surface area contributed by atoms with Gasteiger partial charge in [0.25, 0.3) is 0 Å². The number of thioether (sulfide) groups is 1. The number of benzene rings is 3. The Labute approximate surface area is 185 Å². The fourth-order valence-electron chi connectivity index (χ4n) is 4.28. The van der Waals surface area contributed by atoms with Gasteiger partial charge in [-0.3, -0.25) is 4.79 Å². The average Bonchev–Trinajstić information content (AvgIpc) is 3.31. The number of nitrogens with zero attached hydrogens (tertiary/aromatic N) is 4. The molecule has 0 saturated heterocycles. The van der Waals surface area contributed by atoms with Crippen LogP contribution in [-0.4, -0.2) is 32.6 Å². The standard InChI is InChI=1S/C24H23N5OS/c1-16-13-19-8-3-5-12-21(19)28(16)23(30)15-31-24-27-26-22(29(24)25)14-18-10-6-9-17-7-2-4-11-20(17)18/h2-12,16H,13-15,25H2,1H3/t16-/m1/s1. The van der Waals surface area contributed by atoms with Crippen molar-refractivity contribution >= 4 is 34.1 Å². The predicted molar refractivity (Wildman–Crippen MR) is 125 cm³/mol. The lowest BCUT2D eigenvalue weighted by molar-refractivity contribution is -0.116. The van der Waals surface area contributed by atoms with Gasteiger partial charge in [0.2, 0.25) is 11.1 Å². The van der Waals surface area contributed by atoms with Gasteiger partial charge in [0.1, 0.15) is 0 Å². The van der Waals surface area contributed by atoms with Crippen molar-refractivity contribution in [3.63, 3.8) is 0 Å². The lowest BCUT2D eigenvalue weighted by Crippen LogP contribution is -2.37. The number of anilines is 1. The highest BCUT2D eigenvalue weighted by Crippen LogP contribution is 2.32. The largest absolute Gasteiger partial charge is 0.336 e. The van der Waals surface area contributed by atoms with Crippen molar-refractivity contribution in [3.8, 4) is 0 Å². The first-order valence-corrected chi connectivity index (χ1v) is 11.3. The number of nitrogens with two attached hydrogens (primary N) is 1. The normalized spacial score (nSPS) is 15.4. The lowest BCUT2D eigenvalue weighted by atomic mass is 10.0. The molecule has 0 spiro atoms. The van der Waals surface area contributed by atoms with Crippen LogP contribution in [0.4, 0.5) is 5.69 Å². The third-order valence-electron chi connectivity index (χ3n) is 5.76. The van der Waals surface area contributed by atoms with Crippen LogP contribution in [-0.2, 0) is 17.6 Å². The van der Waals surface area contributed by atoms with Crippen molar-refractivity contribution < 1.29 is 4.79 Å². The molecule has 1 aliphatic rings. The van der Waals surface area contributed by atoms with Gasteiger partial charge in [-0.1, -0.05) is 72.4 Å². The molecule has 0 bridgehead atoms. The number of hydrogen-bond acceptors (Lipinski definition) is 5. The fourth-order valence-corrected chi connectivity index (χ4v) is 5.02. The Kier molecular flexibility index (Phi) is 5.11. The molecule has 5 rings (SSSR count). The van der Waals surface area contributed by atoms with Gasteiger partial charge in [-0.25, -0.2) is 4.68 Å². The Balaban J connectivity index is 1.30. The summed E-state index contributed by atoms with van der Waals surface area (Å²) in [4.78, 5) is 14.8. The van der Waals surface area contributed by atoms with Crippen molar-refractivity contribution in [3.05, 3.63) is 83.7 Å². The summed E-state index contributed by atoms with van der Waals surface area (Å²) in [6.07, 6.45) is 1.46. The minimum atomic E-state index is 0.0565. The zero-order chi connectivity index (χ0) is 21.4. The molecular formula is C24H23N5OS. The molecule has 1 aliphatic heterocycles. The fraction of sp³-hybridized carbons (Fsp3) is 0.208. The highest BCUT2D eigenvalue weighted by atomic mass is 32.2. The topological polar surface area (TPSA) is 77.0 Å². The van der Waals surface area contributed by atoms with E-state index in [4.69, 9.17) is 5.84 Å². The Bertz CT molecular complexity index is 1260. The summed E-state index contributed by atoms with van der Waals surface area (Å²) in [5.74, 6) is 7.28. The molecule has 2 heterocycles. The van der Waals surface area contributed by atoms with Gasteiger partial charge in [0.05, 0.1) is 5.75 Å². The van der Waals surface area contributed by atoms with Crippen molar-refractivity contribution in [2.45, 2.75) is 31.0 Å². The predicted octanol–water partition coefficient (Wildman–Crippen LogP) is 3.81. The van der Waals surface area contributed by atoms with Crippen LogP contribution in [0.25, 0.3) is 10.8 Å². The first-order chi connectivity index (χ1) is 15.1. The zero-order valence-corrected chi connectivity index (χ0v) is 18.0. The zero-order valence-electron chi connectivity index (χ0n) is 17.2. The molecule has 1 atom stereocenters. The van der Waals surface area contributed by atoms with Crippen molar-refractivity contribution in [2.24, 2.45) is 0 Å². The third kappa shape index (κ3) is 3.65. The van der Waals surface area contributed by atoms with E-state index in [0.717, 1.165) is 17.7 Å². The molecule has 1 aromatic heterocycles. The van der Waals surface area contributed by atoms with Gasteiger partial charge in [-0.2, -0.15) is 0 Å². The first kappa shape index (κ1) is 19.6. The van der Waals surface area contributed by atoms with Crippen molar-refractivity contribution in [1.29, 1.82) is 0 Å². The highest BCUT2D eigenvalue weighted by Gasteiger charge is 2.30. The quantitative estimate of drug-likeness (QED) is 0.386. The second-order valence-corrected chi connectivity index (χ2v) is 8.76. The minimum Gasteiger partial charge on any atom is -0.336 e. The Hall–Kier alpha value is -3.32. The van der Waals surface area contributed by atoms with Crippen LogP contribution in [0.5, 0.6) is 0 Å². The monoisotopic (exact) mass is 429 g/mol. The van der Waals surface area contributed by atoms with E-state index >= 15 is 0 Å². The number of carbonyl (C=O) groups excluding carboxylic acids is 1. The Morgan fingerprint density at radius 3 is 2.74 bits per heavy atom. The Morgan fingerprint density at radius 2 is 1.84 bits per heavy atom. The summed E-state index contributed by atoms with van der Waals surface area (Å²) in [6, 6.07) is 22.7. The summed E-state index contributed by atoms with van der Waals surface area (Å²) in [7, 11) is 0. The van der Waals surface area contributed by atoms with E-state index in [1.807, 2.05) is 41.3 Å². The molecule has 7 heteroatoms. The highest BCUT2D eigenvalue weighted by molar-refractivity contribution is 7.99. The van der Waals surface area contributed by atoms with Crippen LogP contribution < -0.4 is 10.7 Å². The second-order valence-electron chi connectivity index (χ2n) is 7.82. The third-order valence-corrected chi connectivity index (χ3v) is 6.69. The summed E-state index contributed by atoms with van der Waals surface area (Å²) in [5.41, 5.74) is 3.37. The van der Waals surface area contributed by atoms with Gasteiger partial charge in [0.15, 0.2) is 5.82 Å². The maximum absolute atomic E-state index is 13.0. The number of rotatable bonds is 5. The summed E-state index contributed by atoms with van der Waals surface area (Å²) in [6.45, 7) is 2.08. The van der Waals surface area contributed by atoms with Gasteiger partial charge in [-0.15, -0.1) is 10.2 Å². The summed E-state index contributed by atoms with van der Waals surface area (Å²) in [5, 5.41) is 11.4. The second kappa shape index (κ2) is 8.07. The summed E-state index contributed by atoms with van der Waals surface area (Å²) < 4.78 is 1.50. The maximum atomic E-state index is 13.0. The number of hydrogen-bond donors (Lipinski definition) is 1. The van der Waals surface area contributed by atoms with E-state index in [1.54, 1.807) is 0 Å². The molecule has 4 aromatic rings. The SMILES string of the molecule is C[C@@H]1Cc2ccccc2N1C(=O)CSc1nnc(Cc2cccc3ccccc23)n1N. The first-order valence-electron chi connectivity index (χ1n) is 10.3. The van der Waals surface area contributed by atoms with E-state index in [0.29, 0.717) is 17.4 Å². The average molecular weight is 430 g/mol. The number of fused-ring (bicyclic) bond motifs is 2. The maximum Gasteiger partial charge on any atom is 0.237 e. The van der Waals surface area contributed by atoms with Gasteiger partial charge in [-0.05, 0) is 41.3 Å². The van der Waals surface area contributed by atoms with E-state index in [-0.39, 0.29) is 17.7 Å². The number of aromatic nitrogens is 3. The van der Waals surface area contributed by atoms with Gasteiger partial charge >= 0.3 is 0 Å². The van der Waals surface area contributed by atoms with Crippen LogP contribution in [0.3, 0.4) is 0 Å². The molecular weight excluding hydrogens is 406 g/mol. The molecule has 0 aliphatic carbocycles. The molecule has 2 N–H and O–H groups in total. The molecule has 31 heavy (non-hydrogen) atoms. The number of nitrogen functional groups attached to an aromatic ring is 1. The van der Waals surface area contributed by atoms with E-state index in [2.05, 4.69) is 47.5 Å². The molecule has 3 aromatic carbocycles. The molecule has 156 valence electrons. The molecule has 0 radical (unpaired) electrons. The van der Waals surface area contributed by atoms with E-state index in [1.165, 1.54) is 32.8 Å². The Morgan fingerprint density at radius 1 is 1.06 bits per heavy atom. The van der Waals surface area contributed by atoms with Gasteiger partial charge < -0.3 is 10.7 Å². The molecule has 0 saturated carbocycles. The van der Waals surface area contributed by atoms with Crippen molar-refractivity contribution in [2.75, 3.05) is 16.5 Å². The lowest BCUT2D eigenvalue weighted by Gasteiger charge is -2.22. The van der Waals surface area contributed by atoms with E-state index < -0.39 is 0 Å². The smallest absolute Gasteiger partial charge is 0.237 e. The molecule has 6 nitrogen and oxygen atoms in total. The van der Waals surface area contributed by atoms with Crippen LogP contribution in [0.15, 0.2) is 71.9 Å². The van der Waals surface area contributed by atoms with E-state index in [9.17, 15) is 4.79 Å². The number of para-hydroxylation sites is 1. The molecule has 0 unspecified atom stereocenters. The van der Waals surface area contributed by atoms with Crippen LogP contribution in [0, 0.1) is 0 Å². The van der Waals surface area contributed by atoms with Crippen LogP contribution >= 0.6 is 11.8 Å².